The zero-order valence-electron chi connectivity index (χ0n) is 14.0. The highest BCUT2D eigenvalue weighted by atomic mass is 16.5. The van der Waals surface area contributed by atoms with Crippen molar-refractivity contribution in [2.45, 2.75) is 32.9 Å². The van der Waals surface area contributed by atoms with Crippen LogP contribution in [0.4, 0.5) is 0 Å². The molecule has 0 saturated carbocycles. The Bertz CT molecular complexity index is 586. The summed E-state index contributed by atoms with van der Waals surface area (Å²) in [5.41, 5.74) is 0.825. The molecule has 126 valence electrons. The maximum Gasteiger partial charge on any atom is 0.329 e. The molecule has 2 atom stereocenters. The largest absolute Gasteiger partial charge is 0.497 e. The molecule has 1 aliphatic rings. The summed E-state index contributed by atoms with van der Waals surface area (Å²) in [4.78, 5) is 26.0. The second-order valence-electron chi connectivity index (χ2n) is 5.36. The molecule has 0 radical (unpaired) electrons. The van der Waals surface area contributed by atoms with Gasteiger partial charge in [0.25, 0.3) is 0 Å². The second kappa shape index (κ2) is 7.35. The first-order valence-electron chi connectivity index (χ1n) is 7.75. The number of carbonyl (C=O) groups is 2. The molecule has 1 saturated heterocycles. The molecule has 6 heteroatoms. The Balaban J connectivity index is 2.20. The van der Waals surface area contributed by atoms with Gasteiger partial charge in [0.15, 0.2) is 0 Å². The summed E-state index contributed by atoms with van der Waals surface area (Å²) in [5, 5.41) is 0. The van der Waals surface area contributed by atoms with E-state index in [1.54, 1.807) is 38.2 Å². The summed E-state index contributed by atoms with van der Waals surface area (Å²) in [6.45, 7) is 4.28. The predicted octanol–water partition coefficient (Wildman–Crippen LogP) is 2.00. The van der Waals surface area contributed by atoms with E-state index in [1.165, 1.54) is 0 Å². The number of rotatable bonds is 7. The Hall–Kier alpha value is -2.24. The number of likely N-dealkylation sites (tertiary alicyclic amines) is 1. The summed E-state index contributed by atoms with van der Waals surface area (Å²) < 4.78 is 15.6. The zero-order valence-corrected chi connectivity index (χ0v) is 14.0. The van der Waals surface area contributed by atoms with E-state index in [2.05, 4.69) is 0 Å². The molecule has 1 fully saturated rings. The van der Waals surface area contributed by atoms with E-state index >= 15 is 0 Å². The van der Waals surface area contributed by atoms with Gasteiger partial charge in [-0.1, -0.05) is 6.92 Å². The highest BCUT2D eigenvalue weighted by Crippen LogP contribution is 2.34. The number of amides is 1. The third-order valence-corrected chi connectivity index (χ3v) is 4.12. The lowest BCUT2D eigenvalue weighted by atomic mass is 9.84. The molecule has 1 heterocycles. The third-order valence-electron chi connectivity index (χ3n) is 4.12. The van der Waals surface area contributed by atoms with Gasteiger partial charge in [-0.2, -0.15) is 0 Å². The van der Waals surface area contributed by atoms with Crippen LogP contribution in [0.2, 0.25) is 0 Å². The molecule has 0 bridgehead atoms. The van der Waals surface area contributed by atoms with Crippen molar-refractivity contribution in [2.24, 2.45) is 5.92 Å². The minimum Gasteiger partial charge on any atom is -0.497 e. The van der Waals surface area contributed by atoms with Crippen LogP contribution in [0.15, 0.2) is 18.2 Å². The van der Waals surface area contributed by atoms with Crippen LogP contribution in [-0.2, 0) is 20.9 Å². The number of hydrogen-bond donors (Lipinski definition) is 0. The zero-order chi connectivity index (χ0) is 17.0. The molecule has 0 aliphatic carbocycles. The number of ether oxygens (including phenoxy) is 3. The fourth-order valence-corrected chi connectivity index (χ4v) is 2.88. The Morgan fingerprint density at radius 3 is 2.52 bits per heavy atom. The lowest BCUT2D eigenvalue weighted by Crippen LogP contribution is -2.63. The van der Waals surface area contributed by atoms with Crippen molar-refractivity contribution in [2.75, 3.05) is 20.8 Å². The Morgan fingerprint density at radius 2 is 1.96 bits per heavy atom. The fourth-order valence-electron chi connectivity index (χ4n) is 2.88. The average molecular weight is 321 g/mol. The third kappa shape index (κ3) is 3.25. The molecule has 1 amide bonds. The summed E-state index contributed by atoms with van der Waals surface area (Å²) >= 11 is 0. The topological polar surface area (TPSA) is 65.1 Å². The van der Waals surface area contributed by atoms with Crippen LogP contribution in [0.3, 0.4) is 0 Å². The molecule has 1 aromatic rings. The minimum atomic E-state index is -0.515. The van der Waals surface area contributed by atoms with Crippen molar-refractivity contribution in [3.8, 4) is 11.5 Å². The van der Waals surface area contributed by atoms with Crippen LogP contribution in [0, 0.1) is 5.92 Å². The number of hydrogen-bond acceptors (Lipinski definition) is 5. The van der Waals surface area contributed by atoms with Gasteiger partial charge < -0.3 is 19.1 Å². The molecule has 23 heavy (non-hydrogen) atoms. The number of nitrogens with zero attached hydrogens (tertiary/aromatic N) is 1. The first-order valence-corrected chi connectivity index (χ1v) is 7.75. The predicted molar refractivity (Wildman–Crippen MR) is 84.3 cm³/mol. The van der Waals surface area contributed by atoms with E-state index < -0.39 is 6.04 Å². The monoisotopic (exact) mass is 321 g/mol. The maximum atomic E-state index is 12.3. The first-order chi connectivity index (χ1) is 11.1. The average Bonchev–Trinajstić information content (AvgIpc) is 2.57. The van der Waals surface area contributed by atoms with Gasteiger partial charge in [0.1, 0.15) is 17.5 Å². The molecule has 0 unspecified atom stereocenters. The van der Waals surface area contributed by atoms with Gasteiger partial charge in [-0.25, -0.2) is 4.79 Å². The summed E-state index contributed by atoms with van der Waals surface area (Å²) in [6.07, 6.45) is 0.624. The summed E-state index contributed by atoms with van der Waals surface area (Å²) in [6, 6.07) is 4.89. The SMILES string of the molecule is CCOC(=O)[C@H]1[C@H](CC)C(=O)N1Cc1ccc(OC)cc1OC. The van der Waals surface area contributed by atoms with Gasteiger partial charge in [0, 0.05) is 11.6 Å². The summed E-state index contributed by atoms with van der Waals surface area (Å²) in [7, 11) is 3.14. The van der Waals surface area contributed by atoms with E-state index in [0.717, 1.165) is 5.56 Å². The van der Waals surface area contributed by atoms with Crippen molar-refractivity contribution >= 4 is 11.9 Å². The second-order valence-corrected chi connectivity index (χ2v) is 5.36. The van der Waals surface area contributed by atoms with Crippen LogP contribution in [0.1, 0.15) is 25.8 Å². The number of carbonyl (C=O) groups excluding carboxylic acids is 2. The van der Waals surface area contributed by atoms with Crippen molar-refractivity contribution in [3.05, 3.63) is 23.8 Å². The molecule has 1 aliphatic heterocycles. The quantitative estimate of drug-likeness (QED) is 0.568. The molecular formula is C17H23NO5. The van der Waals surface area contributed by atoms with Crippen LogP contribution in [0.5, 0.6) is 11.5 Å². The number of methoxy groups -OCH3 is 2. The van der Waals surface area contributed by atoms with Gasteiger partial charge in [0.05, 0.1) is 33.3 Å². The Kier molecular flexibility index (Phi) is 5.47. The van der Waals surface area contributed by atoms with Crippen LogP contribution in [0.25, 0.3) is 0 Å². The maximum absolute atomic E-state index is 12.3. The van der Waals surface area contributed by atoms with Gasteiger partial charge in [0.2, 0.25) is 5.91 Å². The summed E-state index contributed by atoms with van der Waals surface area (Å²) in [5.74, 6) is 0.641. The molecule has 0 spiro atoms. The van der Waals surface area contributed by atoms with E-state index in [1.807, 2.05) is 13.0 Å². The normalized spacial score (nSPS) is 20.0. The van der Waals surface area contributed by atoms with Crippen LogP contribution >= 0.6 is 0 Å². The molecule has 6 nitrogen and oxygen atoms in total. The standard InChI is InChI=1S/C17H23NO5/c1-5-13-15(17(20)23-6-2)18(16(13)19)10-11-7-8-12(21-3)9-14(11)22-4/h7-9,13,15H,5-6,10H2,1-4H3/t13-,15+/m0/s1. The molecule has 0 N–H and O–H groups in total. The first kappa shape index (κ1) is 17.1. The molecule has 2 rings (SSSR count). The highest BCUT2D eigenvalue weighted by molar-refractivity contribution is 5.97. The Labute approximate surface area is 136 Å². The highest BCUT2D eigenvalue weighted by Gasteiger charge is 2.51. The van der Waals surface area contributed by atoms with Crippen LogP contribution in [-0.4, -0.2) is 43.6 Å². The Morgan fingerprint density at radius 1 is 1.22 bits per heavy atom. The van der Waals surface area contributed by atoms with Crippen molar-refractivity contribution in [3.63, 3.8) is 0 Å². The van der Waals surface area contributed by atoms with Crippen molar-refractivity contribution in [1.29, 1.82) is 0 Å². The van der Waals surface area contributed by atoms with Gasteiger partial charge in [-0.05, 0) is 25.5 Å². The fraction of sp³-hybridized carbons (Fsp3) is 0.529. The molecule has 1 aromatic carbocycles. The number of esters is 1. The molecule has 0 aromatic heterocycles. The molecular weight excluding hydrogens is 298 g/mol. The smallest absolute Gasteiger partial charge is 0.329 e. The lowest BCUT2D eigenvalue weighted by Gasteiger charge is -2.45. The van der Waals surface area contributed by atoms with Gasteiger partial charge in [-0.3, -0.25) is 4.79 Å². The van der Waals surface area contributed by atoms with E-state index in [0.29, 0.717) is 31.1 Å². The van der Waals surface area contributed by atoms with E-state index in [9.17, 15) is 9.59 Å². The van der Waals surface area contributed by atoms with E-state index in [4.69, 9.17) is 14.2 Å². The minimum absolute atomic E-state index is 0.0246. The number of benzene rings is 1. The van der Waals surface area contributed by atoms with Gasteiger partial charge >= 0.3 is 5.97 Å². The number of β-lactam (4-membered cyclic amide) rings is 1. The van der Waals surface area contributed by atoms with Gasteiger partial charge in [-0.15, -0.1) is 0 Å². The van der Waals surface area contributed by atoms with E-state index in [-0.39, 0.29) is 17.8 Å². The van der Waals surface area contributed by atoms with Crippen molar-refractivity contribution < 1.29 is 23.8 Å². The lowest BCUT2D eigenvalue weighted by molar-refractivity contribution is -0.175. The van der Waals surface area contributed by atoms with Crippen LogP contribution < -0.4 is 9.47 Å². The van der Waals surface area contributed by atoms with Crippen molar-refractivity contribution in [1.82, 2.24) is 4.90 Å².